The number of nitrogens with two attached hydrogens (primary N) is 1. The number of carbonyl (C=O) groups excluding carboxylic acids is 1. The number of nitrogens with zero attached hydrogens (tertiary/aromatic N) is 1. The molecule has 1 aromatic rings. The van der Waals surface area contributed by atoms with Gasteiger partial charge < -0.3 is 15.6 Å². The summed E-state index contributed by atoms with van der Waals surface area (Å²) in [7, 11) is -2.70. The number of benzene rings is 1. The number of rotatable bonds is 7. The molecular formula is C11H14N2O6S. The first kappa shape index (κ1) is 15.9. The van der Waals surface area contributed by atoms with Gasteiger partial charge in [0.1, 0.15) is 12.3 Å². The number of amides is 1. The van der Waals surface area contributed by atoms with Crippen molar-refractivity contribution in [2.45, 2.75) is 4.90 Å². The van der Waals surface area contributed by atoms with Crippen LogP contribution in [0.2, 0.25) is 0 Å². The molecule has 0 saturated carbocycles. The normalized spacial score (nSPS) is 11.3. The topological polar surface area (TPSA) is 127 Å². The summed E-state index contributed by atoms with van der Waals surface area (Å²) >= 11 is 0. The van der Waals surface area contributed by atoms with Crippen LogP contribution in [0, 0.1) is 0 Å². The molecule has 0 spiro atoms. The van der Waals surface area contributed by atoms with Gasteiger partial charge in [0, 0.05) is 0 Å². The zero-order valence-corrected chi connectivity index (χ0v) is 11.5. The summed E-state index contributed by atoms with van der Waals surface area (Å²) in [5.41, 5.74) is 4.93. The lowest BCUT2D eigenvalue weighted by atomic mass is 10.3. The molecule has 3 N–H and O–H groups in total. The van der Waals surface area contributed by atoms with Gasteiger partial charge in [-0.25, -0.2) is 8.42 Å². The van der Waals surface area contributed by atoms with Crippen LogP contribution in [0.5, 0.6) is 5.75 Å². The lowest BCUT2D eigenvalue weighted by Crippen LogP contribution is -2.41. The van der Waals surface area contributed by atoms with Gasteiger partial charge in [-0.05, 0) is 24.3 Å². The van der Waals surface area contributed by atoms with E-state index in [2.05, 4.69) is 0 Å². The molecule has 8 nitrogen and oxygen atoms in total. The molecule has 0 saturated heterocycles. The van der Waals surface area contributed by atoms with Crippen LogP contribution in [0.25, 0.3) is 0 Å². The van der Waals surface area contributed by atoms with Gasteiger partial charge in [-0.15, -0.1) is 0 Å². The monoisotopic (exact) mass is 302 g/mol. The zero-order chi connectivity index (χ0) is 15.3. The fourth-order valence-electron chi connectivity index (χ4n) is 1.45. The molecule has 0 aliphatic carbocycles. The van der Waals surface area contributed by atoms with E-state index in [-0.39, 0.29) is 4.90 Å². The second-order valence-corrected chi connectivity index (χ2v) is 5.75. The molecule has 0 aliphatic heterocycles. The Morgan fingerprint density at radius 1 is 1.25 bits per heavy atom. The summed E-state index contributed by atoms with van der Waals surface area (Å²) < 4.78 is 29.8. The Kier molecular flexibility index (Phi) is 5.06. The highest BCUT2D eigenvalue weighted by Crippen LogP contribution is 2.19. The molecule has 1 rings (SSSR count). The molecule has 0 atom stereocenters. The van der Waals surface area contributed by atoms with Crippen molar-refractivity contribution < 1.29 is 27.9 Å². The number of carboxylic acids is 1. The van der Waals surface area contributed by atoms with Gasteiger partial charge in [0.05, 0.1) is 18.6 Å². The third-order valence-corrected chi connectivity index (χ3v) is 4.15. The summed E-state index contributed by atoms with van der Waals surface area (Å²) in [6.07, 6.45) is 0. The van der Waals surface area contributed by atoms with Gasteiger partial charge in [-0.2, -0.15) is 4.31 Å². The van der Waals surface area contributed by atoms with Crippen molar-refractivity contribution in [1.82, 2.24) is 4.31 Å². The van der Waals surface area contributed by atoms with Crippen LogP contribution in [0.4, 0.5) is 0 Å². The first-order chi connectivity index (χ1) is 9.27. The quantitative estimate of drug-likeness (QED) is 0.682. The maximum Gasteiger partial charge on any atom is 0.318 e. The molecule has 9 heteroatoms. The number of ether oxygens (including phenoxy) is 1. The zero-order valence-electron chi connectivity index (χ0n) is 10.6. The van der Waals surface area contributed by atoms with Gasteiger partial charge in [-0.3, -0.25) is 9.59 Å². The minimum Gasteiger partial charge on any atom is -0.497 e. The molecule has 0 aromatic heterocycles. The van der Waals surface area contributed by atoms with Crippen LogP contribution in [0.15, 0.2) is 29.2 Å². The van der Waals surface area contributed by atoms with E-state index in [0.29, 0.717) is 10.1 Å². The van der Waals surface area contributed by atoms with E-state index in [1.54, 1.807) is 0 Å². The maximum atomic E-state index is 12.2. The number of sulfonamides is 1. The number of carboxylic acid groups (broad SMARTS) is 1. The van der Waals surface area contributed by atoms with Crippen molar-refractivity contribution >= 4 is 21.9 Å². The third kappa shape index (κ3) is 3.93. The van der Waals surface area contributed by atoms with Crippen molar-refractivity contribution in [3.05, 3.63) is 24.3 Å². The molecule has 110 valence electrons. The Morgan fingerprint density at radius 2 is 1.80 bits per heavy atom. The van der Waals surface area contributed by atoms with Gasteiger partial charge in [-0.1, -0.05) is 0 Å². The van der Waals surface area contributed by atoms with E-state index in [1.165, 1.54) is 31.4 Å². The second-order valence-electron chi connectivity index (χ2n) is 3.81. The van der Waals surface area contributed by atoms with Crippen molar-refractivity contribution in [1.29, 1.82) is 0 Å². The Labute approximate surface area is 115 Å². The highest BCUT2D eigenvalue weighted by molar-refractivity contribution is 7.89. The average molecular weight is 302 g/mol. The van der Waals surface area contributed by atoms with E-state index in [9.17, 15) is 18.0 Å². The van der Waals surface area contributed by atoms with Crippen LogP contribution in [-0.4, -0.2) is 49.9 Å². The van der Waals surface area contributed by atoms with E-state index < -0.39 is 35.0 Å². The van der Waals surface area contributed by atoms with Crippen molar-refractivity contribution in [3.8, 4) is 5.75 Å². The minimum atomic E-state index is -4.12. The van der Waals surface area contributed by atoms with Crippen LogP contribution in [0.3, 0.4) is 0 Å². The van der Waals surface area contributed by atoms with Crippen molar-refractivity contribution in [2.75, 3.05) is 20.2 Å². The Bertz CT molecular complexity index is 580. The van der Waals surface area contributed by atoms with Gasteiger partial charge in [0.25, 0.3) is 0 Å². The number of carbonyl (C=O) groups is 2. The predicted octanol–water partition coefficient (Wildman–Crippen LogP) is -0.744. The van der Waals surface area contributed by atoms with E-state index in [4.69, 9.17) is 15.6 Å². The summed E-state index contributed by atoms with van der Waals surface area (Å²) in [6, 6.07) is 5.33. The van der Waals surface area contributed by atoms with Crippen LogP contribution < -0.4 is 10.5 Å². The number of primary amides is 1. The van der Waals surface area contributed by atoms with E-state index >= 15 is 0 Å². The van der Waals surface area contributed by atoms with Crippen LogP contribution >= 0.6 is 0 Å². The Morgan fingerprint density at radius 3 is 2.20 bits per heavy atom. The first-order valence-electron chi connectivity index (χ1n) is 5.41. The second kappa shape index (κ2) is 6.35. The highest BCUT2D eigenvalue weighted by Gasteiger charge is 2.27. The van der Waals surface area contributed by atoms with Gasteiger partial charge in [0.2, 0.25) is 15.9 Å². The average Bonchev–Trinajstić information content (AvgIpc) is 2.37. The SMILES string of the molecule is COc1ccc(S(=O)(=O)N(CC(N)=O)CC(=O)O)cc1. The predicted molar refractivity (Wildman–Crippen MR) is 68.6 cm³/mol. The van der Waals surface area contributed by atoms with Gasteiger partial charge in [0.15, 0.2) is 0 Å². The molecule has 1 amide bonds. The van der Waals surface area contributed by atoms with Crippen molar-refractivity contribution in [3.63, 3.8) is 0 Å². The van der Waals surface area contributed by atoms with Crippen LogP contribution in [-0.2, 0) is 19.6 Å². The third-order valence-electron chi connectivity index (χ3n) is 2.34. The summed E-state index contributed by atoms with van der Waals surface area (Å²) in [5.74, 6) is -1.88. The Hall–Kier alpha value is -2.13. The number of methoxy groups -OCH3 is 1. The molecule has 20 heavy (non-hydrogen) atoms. The first-order valence-corrected chi connectivity index (χ1v) is 6.85. The molecule has 1 aromatic carbocycles. The molecule has 0 heterocycles. The highest BCUT2D eigenvalue weighted by atomic mass is 32.2. The molecular weight excluding hydrogens is 288 g/mol. The summed E-state index contributed by atoms with van der Waals surface area (Å²) in [4.78, 5) is 21.4. The molecule has 0 aliphatic rings. The lowest BCUT2D eigenvalue weighted by Gasteiger charge is -2.18. The molecule has 0 radical (unpaired) electrons. The summed E-state index contributed by atoms with van der Waals surface area (Å²) in [5, 5.41) is 8.71. The van der Waals surface area contributed by atoms with Crippen molar-refractivity contribution in [2.24, 2.45) is 5.73 Å². The lowest BCUT2D eigenvalue weighted by molar-refractivity contribution is -0.137. The largest absolute Gasteiger partial charge is 0.497 e. The van der Waals surface area contributed by atoms with E-state index in [0.717, 1.165) is 0 Å². The molecule has 0 unspecified atom stereocenters. The molecule has 0 fully saturated rings. The fraction of sp³-hybridized carbons (Fsp3) is 0.273. The fourth-order valence-corrected chi connectivity index (χ4v) is 2.80. The van der Waals surface area contributed by atoms with Crippen LogP contribution in [0.1, 0.15) is 0 Å². The number of aliphatic carboxylic acids is 1. The van der Waals surface area contributed by atoms with E-state index in [1.807, 2.05) is 0 Å². The standard InChI is InChI=1S/C11H14N2O6S/c1-19-8-2-4-9(5-3-8)20(17,18)13(6-10(12)14)7-11(15)16/h2-5H,6-7H2,1H3,(H2,12,14)(H,15,16). The number of hydrogen-bond donors (Lipinski definition) is 2. The smallest absolute Gasteiger partial charge is 0.318 e. The maximum absolute atomic E-state index is 12.2. The minimum absolute atomic E-state index is 0.152. The number of hydrogen-bond acceptors (Lipinski definition) is 5. The molecule has 0 bridgehead atoms. The summed E-state index contributed by atoms with van der Waals surface area (Å²) in [6.45, 7) is -1.56. The van der Waals surface area contributed by atoms with Gasteiger partial charge >= 0.3 is 5.97 Å². The Balaban J connectivity index is 3.13.